The van der Waals surface area contributed by atoms with Crippen LogP contribution in [0.3, 0.4) is 0 Å². The Kier molecular flexibility index (Phi) is 2.50. The Balaban J connectivity index is 2.15. The third-order valence-corrected chi connectivity index (χ3v) is 3.73. The van der Waals surface area contributed by atoms with Gasteiger partial charge in [-0.3, -0.25) is 0 Å². The molecule has 1 fully saturated rings. The van der Waals surface area contributed by atoms with E-state index in [-0.39, 0.29) is 0 Å². The molecular formula is C13H18N4. The first-order valence-electron chi connectivity index (χ1n) is 6.33. The number of imidazole rings is 1. The Hall–Kier alpha value is -1.58. The van der Waals surface area contributed by atoms with Gasteiger partial charge in [-0.1, -0.05) is 19.3 Å². The van der Waals surface area contributed by atoms with E-state index in [1.54, 1.807) is 0 Å². The fourth-order valence-corrected chi connectivity index (χ4v) is 2.89. The van der Waals surface area contributed by atoms with Gasteiger partial charge in [0.2, 0.25) is 0 Å². The smallest absolute Gasteiger partial charge is 0.125 e. The summed E-state index contributed by atoms with van der Waals surface area (Å²) in [6.07, 6.45) is 8.28. The number of anilines is 1. The van der Waals surface area contributed by atoms with Gasteiger partial charge in [-0.2, -0.15) is 0 Å². The normalized spacial score (nSPS) is 17.7. The second-order valence-corrected chi connectivity index (χ2v) is 4.99. The minimum absolute atomic E-state index is 0.560. The topological polar surface area (TPSA) is 56.7 Å². The fourth-order valence-electron chi connectivity index (χ4n) is 2.89. The van der Waals surface area contributed by atoms with Crippen molar-refractivity contribution in [3.63, 3.8) is 0 Å². The van der Waals surface area contributed by atoms with Crippen LogP contribution in [0.25, 0.3) is 11.0 Å². The summed E-state index contributed by atoms with van der Waals surface area (Å²) < 4.78 is 2.06. The predicted octanol–water partition coefficient (Wildman–Crippen LogP) is 2.60. The highest BCUT2D eigenvalue weighted by Crippen LogP contribution is 2.35. The highest BCUT2D eigenvalue weighted by atomic mass is 15.0. The summed E-state index contributed by atoms with van der Waals surface area (Å²) in [6, 6.07) is 1.86. The number of aryl methyl sites for hydroxylation is 1. The van der Waals surface area contributed by atoms with Crippen molar-refractivity contribution in [2.75, 3.05) is 5.73 Å². The minimum atomic E-state index is 0.560. The summed E-state index contributed by atoms with van der Waals surface area (Å²) in [4.78, 5) is 8.95. The molecule has 2 aromatic rings. The summed E-state index contributed by atoms with van der Waals surface area (Å²) in [5.74, 6) is 1.15. The number of aromatic nitrogens is 3. The SMILES string of the molecule is Cn1cnc2cc(N)nc(C3CCCCC3)c21. The van der Waals surface area contributed by atoms with E-state index in [0.29, 0.717) is 11.7 Å². The average Bonchev–Trinajstić information content (AvgIpc) is 2.71. The van der Waals surface area contributed by atoms with Crippen LogP contribution in [0.4, 0.5) is 5.82 Å². The van der Waals surface area contributed by atoms with E-state index in [2.05, 4.69) is 14.5 Å². The molecule has 0 radical (unpaired) electrons. The Bertz CT molecular complexity index is 538. The maximum absolute atomic E-state index is 5.88. The number of fused-ring (bicyclic) bond motifs is 1. The first kappa shape index (κ1) is 10.6. The number of nitrogens with two attached hydrogens (primary N) is 1. The van der Waals surface area contributed by atoms with E-state index in [1.165, 1.54) is 32.1 Å². The summed E-state index contributed by atoms with van der Waals surface area (Å²) in [6.45, 7) is 0. The second kappa shape index (κ2) is 4.02. The third kappa shape index (κ3) is 1.77. The molecule has 2 aromatic heterocycles. The first-order chi connectivity index (χ1) is 8.25. The molecule has 2 heterocycles. The van der Waals surface area contributed by atoms with Gasteiger partial charge in [-0.15, -0.1) is 0 Å². The Morgan fingerprint density at radius 2 is 2.06 bits per heavy atom. The van der Waals surface area contributed by atoms with Gasteiger partial charge in [0.25, 0.3) is 0 Å². The molecule has 0 bridgehead atoms. The van der Waals surface area contributed by atoms with Gasteiger partial charge < -0.3 is 10.3 Å². The molecule has 17 heavy (non-hydrogen) atoms. The lowest BCUT2D eigenvalue weighted by Gasteiger charge is -2.22. The lowest BCUT2D eigenvalue weighted by molar-refractivity contribution is 0.438. The van der Waals surface area contributed by atoms with Gasteiger partial charge in [0.05, 0.1) is 23.1 Å². The highest BCUT2D eigenvalue weighted by Gasteiger charge is 2.21. The predicted molar refractivity (Wildman–Crippen MR) is 68.7 cm³/mol. The monoisotopic (exact) mass is 230 g/mol. The van der Waals surface area contributed by atoms with Crippen LogP contribution in [0.5, 0.6) is 0 Å². The van der Waals surface area contributed by atoms with Crippen molar-refractivity contribution in [2.45, 2.75) is 38.0 Å². The van der Waals surface area contributed by atoms with Crippen LogP contribution in [0, 0.1) is 0 Å². The van der Waals surface area contributed by atoms with Crippen LogP contribution in [-0.4, -0.2) is 14.5 Å². The van der Waals surface area contributed by atoms with Crippen molar-refractivity contribution in [3.8, 4) is 0 Å². The van der Waals surface area contributed by atoms with E-state index in [0.717, 1.165) is 16.7 Å². The van der Waals surface area contributed by atoms with Crippen molar-refractivity contribution in [2.24, 2.45) is 7.05 Å². The molecule has 0 unspecified atom stereocenters. The van der Waals surface area contributed by atoms with Gasteiger partial charge in [0, 0.05) is 19.0 Å². The van der Waals surface area contributed by atoms with Gasteiger partial charge in [0.1, 0.15) is 5.82 Å². The molecule has 90 valence electrons. The molecule has 4 nitrogen and oxygen atoms in total. The number of hydrogen-bond donors (Lipinski definition) is 1. The summed E-state index contributed by atoms with van der Waals surface area (Å²) >= 11 is 0. The van der Waals surface area contributed by atoms with E-state index in [1.807, 2.05) is 19.4 Å². The van der Waals surface area contributed by atoms with Crippen molar-refractivity contribution in [1.82, 2.24) is 14.5 Å². The maximum atomic E-state index is 5.88. The molecule has 3 rings (SSSR count). The molecule has 0 amide bonds. The molecule has 1 aliphatic carbocycles. The van der Waals surface area contributed by atoms with E-state index < -0.39 is 0 Å². The summed E-state index contributed by atoms with van der Waals surface area (Å²) in [7, 11) is 2.03. The van der Waals surface area contributed by atoms with Crippen LogP contribution >= 0.6 is 0 Å². The molecule has 0 saturated heterocycles. The Morgan fingerprint density at radius 1 is 1.29 bits per heavy atom. The molecule has 0 aliphatic heterocycles. The lowest BCUT2D eigenvalue weighted by atomic mass is 9.86. The zero-order valence-electron chi connectivity index (χ0n) is 10.2. The van der Waals surface area contributed by atoms with Crippen molar-refractivity contribution >= 4 is 16.9 Å². The van der Waals surface area contributed by atoms with Crippen LogP contribution in [0.15, 0.2) is 12.4 Å². The number of rotatable bonds is 1. The minimum Gasteiger partial charge on any atom is -0.384 e. The van der Waals surface area contributed by atoms with E-state index in [4.69, 9.17) is 5.73 Å². The quantitative estimate of drug-likeness (QED) is 0.819. The van der Waals surface area contributed by atoms with Crippen LogP contribution in [-0.2, 0) is 7.05 Å². The van der Waals surface area contributed by atoms with Gasteiger partial charge in [-0.05, 0) is 12.8 Å². The second-order valence-electron chi connectivity index (χ2n) is 4.99. The van der Waals surface area contributed by atoms with Gasteiger partial charge in [0.15, 0.2) is 0 Å². The summed E-state index contributed by atoms with van der Waals surface area (Å²) in [5.41, 5.74) is 9.16. The summed E-state index contributed by atoms with van der Waals surface area (Å²) in [5, 5.41) is 0. The van der Waals surface area contributed by atoms with Crippen molar-refractivity contribution in [3.05, 3.63) is 18.1 Å². The molecule has 0 aromatic carbocycles. The van der Waals surface area contributed by atoms with Gasteiger partial charge >= 0.3 is 0 Å². The van der Waals surface area contributed by atoms with Crippen LogP contribution < -0.4 is 5.73 Å². The molecular weight excluding hydrogens is 212 g/mol. The van der Waals surface area contributed by atoms with Crippen molar-refractivity contribution in [1.29, 1.82) is 0 Å². The molecule has 1 aliphatic rings. The molecule has 0 atom stereocenters. The zero-order valence-corrected chi connectivity index (χ0v) is 10.2. The Morgan fingerprint density at radius 3 is 2.82 bits per heavy atom. The molecule has 0 spiro atoms. The fraction of sp³-hybridized carbons (Fsp3) is 0.538. The largest absolute Gasteiger partial charge is 0.384 e. The molecule has 1 saturated carbocycles. The van der Waals surface area contributed by atoms with Crippen LogP contribution in [0.1, 0.15) is 43.7 Å². The number of hydrogen-bond acceptors (Lipinski definition) is 3. The molecule has 4 heteroatoms. The van der Waals surface area contributed by atoms with Crippen molar-refractivity contribution < 1.29 is 0 Å². The third-order valence-electron chi connectivity index (χ3n) is 3.73. The van der Waals surface area contributed by atoms with Crippen LogP contribution in [0.2, 0.25) is 0 Å². The first-order valence-corrected chi connectivity index (χ1v) is 6.33. The molecule has 2 N–H and O–H groups in total. The maximum Gasteiger partial charge on any atom is 0.125 e. The van der Waals surface area contributed by atoms with E-state index >= 15 is 0 Å². The standard InChI is InChI=1S/C13H18N4/c1-17-8-15-10-7-11(14)16-12(13(10)17)9-5-3-2-4-6-9/h7-9H,2-6H2,1H3,(H2,14,16). The number of pyridine rings is 1. The number of nitrogen functional groups attached to an aromatic ring is 1. The van der Waals surface area contributed by atoms with E-state index in [9.17, 15) is 0 Å². The average molecular weight is 230 g/mol. The zero-order chi connectivity index (χ0) is 11.8. The Labute approximate surface area is 101 Å². The number of nitrogens with zero attached hydrogens (tertiary/aromatic N) is 3. The van der Waals surface area contributed by atoms with Gasteiger partial charge in [-0.25, -0.2) is 9.97 Å². The highest BCUT2D eigenvalue weighted by molar-refractivity contribution is 5.80. The lowest BCUT2D eigenvalue weighted by Crippen LogP contribution is -2.09.